The molecule has 7 aromatic rings. The predicted octanol–water partition coefficient (Wildman–Crippen LogP) is 10.2. The van der Waals surface area contributed by atoms with Gasteiger partial charge in [0.2, 0.25) is 0 Å². The number of furan rings is 1. The van der Waals surface area contributed by atoms with Crippen molar-refractivity contribution in [1.29, 1.82) is 0 Å². The molecule has 7 rings (SSSR count). The van der Waals surface area contributed by atoms with Crippen molar-refractivity contribution in [2.24, 2.45) is 0 Å². The molecule has 188 valence electrons. The van der Waals surface area contributed by atoms with Gasteiger partial charge in [-0.1, -0.05) is 72.8 Å². The van der Waals surface area contributed by atoms with Gasteiger partial charge in [0.25, 0.3) is 0 Å². The molecule has 5 aromatic carbocycles. The molecule has 5 heteroatoms. The minimum absolute atomic E-state index is 0.656. The molecule has 0 aliphatic heterocycles. The van der Waals surface area contributed by atoms with E-state index in [2.05, 4.69) is 53.5 Å². The molecule has 0 saturated carbocycles. The van der Waals surface area contributed by atoms with E-state index in [9.17, 15) is 13.2 Å². The Kier molecular flexibility index (Phi) is 5.27. The van der Waals surface area contributed by atoms with Crippen LogP contribution in [0.25, 0.3) is 66.2 Å². The number of hydrogen-bond acceptors (Lipinski definition) is 2. The number of halogens is 3. The van der Waals surface area contributed by atoms with E-state index < -0.39 is 11.7 Å². The number of pyridine rings is 1. The van der Waals surface area contributed by atoms with Gasteiger partial charge in [-0.3, -0.25) is 4.98 Å². The van der Waals surface area contributed by atoms with E-state index in [4.69, 9.17) is 4.42 Å². The van der Waals surface area contributed by atoms with Crippen molar-refractivity contribution in [2.45, 2.75) is 6.18 Å². The predicted molar refractivity (Wildman–Crippen MR) is 150 cm³/mol. The fourth-order valence-electron chi connectivity index (χ4n) is 5.07. The van der Waals surface area contributed by atoms with Crippen LogP contribution in [-0.2, 0) is 6.18 Å². The molecule has 0 fully saturated rings. The Morgan fingerprint density at radius 3 is 1.85 bits per heavy atom. The lowest BCUT2D eigenvalue weighted by Gasteiger charge is -2.09. The number of para-hydroxylation sites is 1. The van der Waals surface area contributed by atoms with Gasteiger partial charge in [0.1, 0.15) is 11.2 Å². The summed E-state index contributed by atoms with van der Waals surface area (Å²) in [4.78, 5) is 4.65. The van der Waals surface area contributed by atoms with E-state index in [1.807, 2.05) is 48.7 Å². The Morgan fingerprint density at radius 1 is 0.513 bits per heavy atom. The molecule has 2 heterocycles. The first-order valence-corrected chi connectivity index (χ1v) is 12.5. The van der Waals surface area contributed by atoms with Gasteiger partial charge >= 0.3 is 6.18 Å². The van der Waals surface area contributed by atoms with Gasteiger partial charge in [0.15, 0.2) is 0 Å². The van der Waals surface area contributed by atoms with Crippen LogP contribution >= 0.6 is 0 Å². The summed E-state index contributed by atoms with van der Waals surface area (Å²) in [5.41, 5.74) is 7.70. The molecule has 0 unspecified atom stereocenters. The van der Waals surface area contributed by atoms with Crippen molar-refractivity contribution in [3.05, 3.63) is 127 Å². The van der Waals surface area contributed by atoms with Gasteiger partial charge in [-0.05, 0) is 70.3 Å². The summed E-state index contributed by atoms with van der Waals surface area (Å²) < 4.78 is 44.7. The van der Waals surface area contributed by atoms with E-state index in [1.165, 1.54) is 12.1 Å². The highest BCUT2D eigenvalue weighted by Crippen LogP contribution is 2.34. The maximum atomic E-state index is 12.9. The quantitative estimate of drug-likeness (QED) is 0.234. The van der Waals surface area contributed by atoms with Crippen LogP contribution in [0.5, 0.6) is 0 Å². The van der Waals surface area contributed by atoms with E-state index >= 15 is 0 Å². The second-order valence-corrected chi connectivity index (χ2v) is 9.59. The number of aromatic nitrogens is 1. The van der Waals surface area contributed by atoms with Crippen LogP contribution in [0.1, 0.15) is 5.56 Å². The molecule has 0 saturated heterocycles. The van der Waals surface area contributed by atoms with Crippen LogP contribution in [-0.4, -0.2) is 4.98 Å². The zero-order valence-electron chi connectivity index (χ0n) is 20.5. The molecule has 0 atom stereocenters. The largest absolute Gasteiger partial charge is 0.456 e. The number of hydrogen-bond donors (Lipinski definition) is 0. The van der Waals surface area contributed by atoms with Crippen LogP contribution in [0, 0.1) is 0 Å². The van der Waals surface area contributed by atoms with Crippen molar-refractivity contribution >= 4 is 32.8 Å². The second-order valence-electron chi connectivity index (χ2n) is 9.59. The minimum atomic E-state index is -4.35. The third-order valence-electron chi connectivity index (χ3n) is 7.16. The van der Waals surface area contributed by atoms with Crippen molar-refractivity contribution in [2.75, 3.05) is 0 Å². The number of rotatable bonds is 3. The zero-order valence-corrected chi connectivity index (χ0v) is 20.5. The standard InChI is InChI=1S/C34H20F3NO/c35-34(36,37)28-14-11-22(12-15-28)25-9-10-26-17-27(20-38-31(26)19-25)23-7-5-21(6-8-23)24-13-16-33-30(18-24)29-3-1-2-4-32(29)39-33/h1-20H. The maximum absolute atomic E-state index is 12.9. The van der Waals surface area contributed by atoms with Gasteiger partial charge in [0.05, 0.1) is 11.1 Å². The summed E-state index contributed by atoms with van der Waals surface area (Å²) in [6.45, 7) is 0. The van der Waals surface area contributed by atoms with Gasteiger partial charge in [-0.2, -0.15) is 13.2 Å². The average Bonchev–Trinajstić information content (AvgIpc) is 3.34. The van der Waals surface area contributed by atoms with Gasteiger partial charge in [0, 0.05) is 27.9 Å². The molecular formula is C34H20F3NO. The third-order valence-corrected chi connectivity index (χ3v) is 7.16. The summed E-state index contributed by atoms with van der Waals surface area (Å²) in [5.74, 6) is 0. The highest BCUT2D eigenvalue weighted by atomic mass is 19.4. The maximum Gasteiger partial charge on any atom is 0.416 e. The molecule has 0 radical (unpaired) electrons. The Balaban J connectivity index is 1.17. The minimum Gasteiger partial charge on any atom is -0.456 e. The Morgan fingerprint density at radius 2 is 1.10 bits per heavy atom. The first-order valence-electron chi connectivity index (χ1n) is 12.5. The SMILES string of the molecule is FC(F)(F)c1ccc(-c2ccc3cc(-c4ccc(-c5ccc6oc7ccccc7c6c5)cc4)cnc3c2)cc1. The van der Waals surface area contributed by atoms with E-state index in [-0.39, 0.29) is 0 Å². The summed E-state index contributed by atoms with van der Waals surface area (Å²) in [6.07, 6.45) is -2.52. The molecule has 0 bridgehead atoms. The fourth-order valence-corrected chi connectivity index (χ4v) is 5.07. The first-order chi connectivity index (χ1) is 18.9. The smallest absolute Gasteiger partial charge is 0.416 e. The van der Waals surface area contributed by atoms with E-state index in [0.29, 0.717) is 5.56 Å². The van der Waals surface area contributed by atoms with Crippen molar-refractivity contribution in [1.82, 2.24) is 4.98 Å². The van der Waals surface area contributed by atoms with Crippen molar-refractivity contribution < 1.29 is 17.6 Å². The van der Waals surface area contributed by atoms with Crippen LogP contribution in [0.15, 0.2) is 126 Å². The summed E-state index contributed by atoms with van der Waals surface area (Å²) in [5, 5.41) is 3.17. The van der Waals surface area contributed by atoms with Gasteiger partial charge < -0.3 is 4.42 Å². The molecule has 0 spiro atoms. The van der Waals surface area contributed by atoms with E-state index in [1.54, 1.807) is 0 Å². The number of nitrogens with zero attached hydrogens (tertiary/aromatic N) is 1. The molecule has 0 N–H and O–H groups in total. The molecule has 39 heavy (non-hydrogen) atoms. The second kappa shape index (κ2) is 8.84. The Labute approximate surface area is 222 Å². The molecule has 0 aliphatic rings. The normalized spacial score (nSPS) is 12.0. The summed E-state index contributed by atoms with van der Waals surface area (Å²) in [6, 6.07) is 35.8. The molecule has 2 aromatic heterocycles. The molecule has 0 amide bonds. The lowest BCUT2D eigenvalue weighted by Crippen LogP contribution is -2.03. The van der Waals surface area contributed by atoms with Crippen molar-refractivity contribution in [3.63, 3.8) is 0 Å². The average molecular weight is 516 g/mol. The van der Waals surface area contributed by atoms with Gasteiger partial charge in [-0.15, -0.1) is 0 Å². The van der Waals surface area contributed by atoms with Crippen molar-refractivity contribution in [3.8, 4) is 33.4 Å². The van der Waals surface area contributed by atoms with Gasteiger partial charge in [-0.25, -0.2) is 0 Å². The van der Waals surface area contributed by atoms with Crippen LogP contribution in [0.3, 0.4) is 0 Å². The first kappa shape index (κ1) is 23.2. The topological polar surface area (TPSA) is 26.0 Å². The summed E-state index contributed by atoms with van der Waals surface area (Å²) in [7, 11) is 0. The zero-order chi connectivity index (χ0) is 26.6. The Hall–Kier alpha value is -4.90. The Bertz CT molecular complexity index is 1990. The fraction of sp³-hybridized carbons (Fsp3) is 0.0294. The highest BCUT2D eigenvalue weighted by molar-refractivity contribution is 6.06. The lowest BCUT2D eigenvalue weighted by atomic mass is 9.98. The lowest BCUT2D eigenvalue weighted by molar-refractivity contribution is -0.137. The third kappa shape index (κ3) is 4.22. The highest BCUT2D eigenvalue weighted by Gasteiger charge is 2.30. The number of benzene rings is 5. The number of alkyl halides is 3. The number of fused-ring (bicyclic) bond motifs is 4. The van der Waals surface area contributed by atoms with Crippen LogP contribution < -0.4 is 0 Å². The molecule has 2 nitrogen and oxygen atoms in total. The van der Waals surface area contributed by atoms with Crippen LogP contribution in [0.4, 0.5) is 13.2 Å². The van der Waals surface area contributed by atoms with E-state index in [0.717, 1.165) is 72.8 Å². The summed E-state index contributed by atoms with van der Waals surface area (Å²) >= 11 is 0. The molecular weight excluding hydrogens is 495 g/mol. The van der Waals surface area contributed by atoms with Crippen LogP contribution in [0.2, 0.25) is 0 Å². The molecule has 0 aliphatic carbocycles. The monoisotopic (exact) mass is 515 g/mol.